The van der Waals surface area contributed by atoms with Crippen LogP contribution in [0.15, 0.2) is 76.1 Å². The quantitative estimate of drug-likeness (QED) is 0.340. The van der Waals surface area contributed by atoms with E-state index in [-0.39, 0.29) is 16.5 Å². The Bertz CT molecular complexity index is 1580. The van der Waals surface area contributed by atoms with Crippen LogP contribution in [0.4, 0.5) is 30.2 Å². The van der Waals surface area contributed by atoms with Gasteiger partial charge in [0.05, 0.1) is 31.9 Å². The molecule has 0 fully saturated rings. The number of sulfonamides is 1. The van der Waals surface area contributed by atoms with Gasteiger partial charge in [0.1, 0.15) is 5.92 Å². The molecule has 178 valence electrons. The van der Waals surface area contributed by atoms with Crippen molar-refractivity contribution in [3.8, 4) is 0 Å². The summed E-state index contributed by atoms with van der Waals surface area (Å²) in [6.07, 6.45) is -3.10. The number of hydrogen-bond donors (Lipinski definition) is 2. The topological polar surface area (TPSA) is 101 Å². The summed E-state index contributed by atoms with van der Waals surface area (Å²) in [6.45, 7) is 0. The first kappa shape index (κ1) is 23.0. The van der Waals surface area contributed by atoms with Crippen LogP contribution in [0.2, 0.25) is 0 Å². The van der Waals surface area contributed by atoms with Crippen LogP contribution in [0.25, 0.3) is 10.2 Å². The summed E-state index contributed by atoms with van der Waals surface area (Å²) in [6, 6.07) is 13.0. The Morgan fingerprint density at radius 2 is 1.86 bits per heavy atom. The van der Waals surface area contributed by atoms with Crippen LogP contribution in [0.5, 0.6) is 0 Å². The van der Waals surface area contributed by atoms with Gasteiger partial charge >= 0.3 is 6.18 Å². The van der Waals surface area contributed by atoms with E-state index >= 15 is 0 Å². The van der Waals surface area contributed by atoms with Gasteiger partial charge in [0.25, 0.3) is 10.0 Å². The van der Waals surface area contributed by atoms with E-state index < -0.39 is 27.7 Å². The molecule has 0 bridgehead atoms. The molecule has 1 aliphatic rings. The van der Waals surface area contributed by atoms with E-state index in [1.807, 2.05) is 6.07 Å². The molecule has 7 nitrogen and oxygen atoms in total. The molecule has 0 saturated carbocycles. The number of hydrogen-bond acceptors (Lipinski definition) is 6. The molecule has 0 aliphatic carbocycles. The molecule has 5 rings (SSSR count). The minimum Gasteiger partial charge on any atom is -0.325 e. The molecule has 1 unspecified atom stereocenters. The Balaban J connectivity index is 1.35. The first-order chi connectivity index (χ1) is 16.6. The number of carbonyl (C=O) groups is 1. The van der Waals surface area contributed by atoms with E-state index in [4.69, 9.17) is 0 Å². The lowest BCUT2D eigenvalue weighted by molar-refractivity contribution is -0.137. The Hall–Kier alpha value is -3.77. The highest BCUT2D eigenvalue weighted by Crippen LogP contribution is 2.39. The number of nitrogens with zero attached hydrogens (tertiary/aromatic N) is 2. The van der Waals surface area contributed by atoms with Gasteiger partial charge in [0.15, 0.2) is 0 Å². The number of anilines is 2. The molecule has 35 heavy (non-hydrogen) atoms. The number of benzene rings is 3. The smallest absolute Gasteiger partial charge is 0.325 e. The highest BCUT2D eigenvalue weighted by atomic mass is 32.2. The maximum atomic E-state index is 12.9. The van der Waals surface area contributed by atoms with Crippen LogP contribution in [-0.4, -0.2) is 25.5 Å². The standard InChI is InChI=1S/C23H15F3N4O3S2/c24-23(25,26)13-2-1-3-15(10-13)30-35(32,33)16-6-4-14(5-7-16)27-11-17-20-18(29-22(17)31)8-9-19-21(20)34-12-28-19/h1-12,17,30H,(H,29,31). The molecule has 3 aromatic carbocycles. The summed E-state index contributed by atoms with van der Waals surface area (Å²) in [5, 5.41) is 2.82. The molecule has 1 aromatic heterocycles. The van der Waals surface area contributed by atoms with Gasteiger partial charge < -0.3 is 5.32 Å². The monoisotopic (exact) mass is 516 g/mol. The number of alkyl halides is 3. The molecule has 0 saturated heterocycles. The molecule has 0 radical (unpaired) electrons. The molecule has 12 heteroatoms. The lowest BCUT2D eigenvalue weighted by atomic mass is 10.0. The SMILES string of the molecule is O=C1Nc2ccc3ncsc3c2C1C=Nc1ccc(S(=O)(=O)Nc2cccc(C(F)(F)F)c2)cc1. The second-order valence-electron chi connectivity index (χ2n) is 7.65. The molecule has 2 N–H and O–H groups in total. The second kappa shape index (κ2) is 8.47. The predicted octanol–water partition coefficient (Wildman–Crippen LogP) is 5.55. The van der Waals surface area contributed by atoms with Gasteiger partial charge in [-0.3, -0.25) is 14.5 Å². The van der Waals surface area contributed by atoms with Crippen molar-refractivity contribution in [2.45, 2.75) is 17.0 Å². The van der Waals surface area contributed by atoms with Crippen LogP contribution >= 0.6 is 11.3 Å². The molecular weight excluding hydrogens is 501 g/mol. The van der Waals surface area contributed by atoms with Crippen molar-refractivity contribution >= 4 is 60.8 Å². The van der Waals surface area contributed by atoms with E-state index in [1.54, 1.807) is 11.6 Å². The number of amides is 1. The highest BCUT2D eigenvalue weighted by Gasteiger charge is 2.32. The predicted molar refractivity (Wildman–Crippen MR) is 128 cm³/mol. The first-order valence-electron chi connectivity index (χ1n) is 10.1. The fourth-order valence-electron chi connectivity index (χ4n) is 3.70. The van der Waals surface area contributed by atoms with E-state index in [9.17, 15) is 26.4 Å². The summed E-state index contributed by atoms with van der Waals surface area (Å²) >= 11 is 1.43. The zero-order valence-corrected chi connectivity index (χ0v) is 19.2. The van der Waals surface area contributed by atoms with E-state index in [0.29, 0.717) is 11.4 Å². The van der Waals surface area contributed by atoms with Gasteiger partial charge in [-0.1, -0.05) is 6.07 Å². The number of carbonyl (C=O) groups excluding carboxylic acids is 1. The van der Waals surface area contributed by atoms with Crippen molar-refractivity contribution in [3.63, 3.8) is 0 Å². The van der Waals surface area contributed by atoms with Gasteiger partial charge in [0.2, 0.25) is 5.91 Å². The summed E-state index contributed by atoms with van der Waals surface area (Å²) in [7, 11) is -4.13. The average Bonchev–Trinajstić information content (AvgIpc) is 3.40. The minimum atomic E-state index is -4.59. The normalized spacial score (nSPS) is 16.0. The number of fused-ring (bicyclic) bond motifs is 3. The van der Waals surface area contributed by atoms with E-state index in [2.05, 4.69) is 20.0 Å². The Labute approximate surface area is 201 Å². The summed E-state index contributed by atoms with van der Waals surface area (Å²) in [4.78, 5) is 20.9. The molecule has 4 aromatic rings. The summed E-state index contributed by atoms with van der Waals surface area (Å²) in [5.41, 5.74) is 3.22. The molecule has 2 heterocycles. The molecular formula is C23H15F3N4O3S2. The summed E-state index contributed by atoms with van der Waals surface area (Å²) < 4.78 is 67.0. The van der Waals surface area contributed by atoms with Gasteiger partial charge in [-0.05, 0) is 54.6 Å². The van der Waals surface area contributed by atoms with Gasteiger partial charge in [-0.15, -0.1) is 11.3 Å². The van der Waals surface area contributed by atoms with Crippen LogP contribution in [0.1, 0.15) is 17.0 Å². The lowest BCUT2D eigenvalue weighted by Crippen LogP contribution is -2.14. The van der Waals surface area contributed by atoms with Crippen molar-refractivity contribution < 1.29 is 26.4 Å². The zero-order chi connectivity index (χ0) is 24.8. The summed E-state index contributed by atoms with van der Waals surface area (Å²) in [5.74, 6) is -0.853. The number of aromatic nitrogens is 1. The highest BCUT2D eigenvalue weighted by molar-refractivity contribution is 7.92. The van der Waals surface area contributed by atoms with Crippen molar-refractivity contribution in [1.29, 1.82) is 0 Å². The number of aliphatic imine (C=N–C) groups is 1. The Morgan fingerprint density at radius 3 is 2.60 bits per heavy atom. The van der Waals surface area contributed by atoms with E-state index in [1.165, 1.54) is 47.9 Å². The van der Waals surface area contributed by atoms with Crippen LogP contribution in [0.3, 0.4) is 0 Å². The second-order valence-corrected chi connectivity index (χ2v) is 10.2. The fraction of sp³-hybridized carbons (Fsp3) is 0.0870. The zero-order valence-electron chi connectivity index (χ0n) is 17.6. The molecule has 0 spiro atoms. The fourth-order valence-corrected chi connectivity index (χ4v) is 5.62. The van der Waals surface area contributed by atoms with Crippen LogP contribution in [-0.2, 0) is 21.0 Å². The third-order valence-electron chi connectivity index (χ3n) is 5.35. The van der Waals surface area contributed by atoms with Gasteiger partial charge in [0, 0.05) is 23.2 Å². The van der Waals surface area contributed by atoms with Crippen molar-refractivity contribution in [1.82, 2.24) is 4.98 Å². The van der Waals surface area contributed by atoms with Crippen LogP contribution < -0.4 is 10.0 Å². The van der Waals surface area contributed by atoms with Crippen LogP contribution in [0, 0.1) is 0 Å². The lowest BCUT2D eigenvalue weighted by Gasteiger charge is -2.11. The first-order valence-corrected chi connectivity index (χ1v) is 12.5. The van der Waals surface area contributed by atoms with Gasteiger partial charge in [-0.25, -0.2) is 13.4 Å². The Morgan fingerprint density at radius 1 is 1.09 bits per heavy atom. The van der Waals surface area contributed by atoms with E-state index in [0.717, 1.165) is 34.0 Å². The van der Waals surface area contributed by atoms with Crippen molar-refractivity contribution in [3.05, 3.63) is 77.3 Å². The molecule has 1 atom stereocenters. The largest absolute Gasteiger partial charge is 0.416 e. The average molecular weight is 517 g/mol. The molecule has 1 amide bonds. The Kier molecular flexibility index (Phi) is 5.56. The number of nitrogens with one attached hydrogen (secondary N) is 2. The third kappa shape index (κ3) is 4.49. The number of thiazole rings is 1. The number of halogens is 3. The third-order valence-corrected chi connectivity index (χ3v) is 7.62. The van der Waals surface area contributed by atoms with Gasteiger partial charge in [-0.2, -0.15) is 13.2 Å². The minimum absolute atomic E-state index is 0.149. The maximum Gasteiger partial charge on any atom is 0.416 e. The molecule has 1 aliphatic heterocycles. The van der Waals surface area contributed by atoms with Crippen molar-refractivity contribution in [2.75, 3.05) is 10.0 Å². The number of rotatable bonds is 5. The maximum absolute atomic E-state index is 12.9. The van der Waals surface area contributed by atoms with Crippen molar-refractivity contribution in [2.24, 2.45) is 4.99 Å².